The SMILES string of the molecule is Cc1cc(CN(C)[C@@H]2CCCN(Cc3noc(C)n3)C2)on1. The number of rotatable bonds is 5. The summed E-state index contributed by atoms with van der Waals surface area (Å²) in [5.41, 5.74) is 0.932. The number of aryl methyl sites for hydroxylation is 2. The second-order valence-electron chi connectivity index (χ2n) is 6.11. The van der Waals surface area contributed by atoms with Crippen LogP contribution in [0.5, 0.6) is 0 Å². The van der Waals surface area contributed by atoms with Crippen LogP contribution in [0.2, 0.25) is 0 Å². The van der Waals surface area contributed by atoms with E-state index >= 15 is 0 Å². The second-order valence-corrected chi connectivity index (χ2v) is 6.11. The van der Waals surface area contributed by atoms with Crippen molar-refractivity contribution in [2.45, 2.75) is 45.8 Å². The van der Waals surface area contributed by atoms with Gasteiger partial charge in [0.05, 0.1) is 18.8 Å². The fraction of sp³-hybridized carbons (Fsp3) is 0.667. The minimum absolute atomic E-state index is 0.507. The van der Waals surface area contributed by atoms with E-state index in [0.717, 1.165) is 43.5 Å². The molecule has 0 aromatic carbocycles. The topological polar surface area (TPSA) is 71.4 Å². The Bertz CT molecular complexity index is 568. The van der Waals surface area contributed by atoms with Gasteiger partial charge in [-0.3, -0.25) is 9.80 Å². The Labute approximate surface area is 130 Å². The van der Waals surface area contributed by atoms with Crippen molar-refractivity contribution in [2.24, 2.45) is 0 Å². The molecule has 0 bridgehead atoms. The zero-order valence-corrected chi connectivity index (χ0v) is 13.4. The van der Waals surface area contributed by atoms with Gasteiger partial charge in [-0.1, -0.05) is 10.3 Å². The van der Waals surface area contributed by atoms with Crippen molar-refractivity contribution in [3.8, 4) is 0 Å². The van der Waals surface area contributed by atoms with Gasteiger partial charge in [-0.25, -0.2) is 0 Å². The standard InChI is InChI=1S/C15H23N5O2/c1-11-7-14(22-17-11)9-19(3)13-5-4-6-20(8-13)10-15-16-12(2)21-18-15/h7,13H,4-6,8-10H2,1-3H3/t13-/m1/s1. The highest BCUT2D eigenvalue weighted by Gasteiger charge is 2.24. The molecule has 2 aromatic rings. The van der Waals surface area contributed by atoms with E-state index in [4.69, 9.17) is 9.05 Å². The fourth-order valence-corrected chi connectivity index (χ4v) is 3.01. The van der Waals surface area contributed by atoms with Gasteiger partial charge in [0.2, 0.25) is 5.89 Å². The van der Waals surface area contributed by atoms with Crippen LogP contribution < -0.4 is 0 Å². The van der Waals surface area contributed by atoms with Crippen LogP contribution in [0.1, 0.15) is 36.0 Å². The lowest BCUT2D eigenvalue weighted by molar-refractivity contribution is 0.0984. The van der Waals surface area contributed by atoms with E-state index in [2.05, 4.69) is 32.1 Å². The quantitative estimate of drug-likeness (QED) is 0.833. The van der Waals surface area contributed by atoms with Crippen LogP contribution >= 0.6 is 0 Å². The molecular formula is C15H23N5O2. The van der Waals surface area contributed by atoms with Gasteiger partial charge in [-0.2, -0.15) is 4.98 Å². The molecule has 22 heavy (non-hydrogen) atoms. The van der Waals surface area contributed by atoms with E-state index in [0.29, 0.717) is 11.9 Å². The third kappa shape index (κ3) is 3.72. The highest BCUT2D eigenvalue weighted by atomic mass is 16.5. The van der Waals surface area contributed by atoms with E-state index in [1.54, 1.807) is 0 Å². The largest absolute Gasteiger partial charge is 0.360 e. The van der Waals surface area contributed by atoms with Gasteiger partial charge in [-0.05, 0) is 33.4 Å². The first-order valence-electron chi connectivity index (χ1n) is 7.74. The van der Waals surface area contributed by atoms with E-state index in [1.165, 1.54) is 12.8 Å². The highest BCUT2D eigenvalue weighted by Crippen LogP contribution is 2.18. The van der Waals surface area contributed by atoms with Crippen LogP contribution in [-0.4, -0.2) is 51.3 Å². The van der Waals surface area contributed by atoms with Crippen LogP contribution in [-0.2, 0) is 13.1 Å². The molecule has 7 heteroatoms. The molecule has 120 valence electrons. The molecule has 0 unspecified atom stereocenters. The minimum Gasteiger partial charge on any atom is -0.360 e. The first kappa shape index (κ1) is 15.2. The summed E-state index contributed by atoms with van der Waals surface area (Å²) >= 11 is 0. The van der Waals surface area contributed by atoms with Gasteiger partial charge in [0, 0.05) is 25.6 Å². The molecule has 1 aliphatic rings. The van der Waals surface area contributed by atoms with E-state index in [-0.39, 0.29) is 0 Å². The Morgan fingerprint density at radius 2 is 2.18 bits per heavy atom. The first-order chi connectivity index (χ1) is 10.6. The van der Waals surface area contributed by atoms with Crippen LogP contribution in [0.3, 0.4) is 0 Å². The number of likely N-dealkylation sites (N-methyl/N-ethyl adjacent to an activating group) is 1. The number of hydrogen-bond acceptors (Lipinski definition) is 7. The Hall–Kier alpha value is -1.73. The fourth-order valence-electron chi connectivity index (χ4n) is 3.01. The van der Waals surface area contributed by atoms with Crippen molar-refractivity contribution in [2.75, 3.05) is 20.1 Å². The van der Waals surface area contributed by atoms with Gasteiger partial charge < -0.3 is 9.05 Å². The van der Waals surface area contributed by atoms with E-state index in [9.17, 15) is 0 Å². The Kier molecular flexibility index (Phi) is 4.54. The zero-order chi connectivity index (χ0) is 15.5. The van der Waals surface area contributed by atoms with Gasteiger partial charge in [0.15, 0.2) is 11.6 Å². The summed E-state index contributed by atoms with van der Waals surface area (Å²) in [5.74, 6) is 2.32. The van der Waals surface area contributed by atoms with Gasteiger partial charge in [0.1, 0.15) is 0 Å². The lowest BCUT2D eigenvalue weighted by Crippen LogP contribution is -2.45. The van der Waals surface area contributed by atoms with Gasteiger partial charge in [0.25, 0.3) is 0 Å². The van der Waals surface area contributed by atoms with Crippen molar-refractivity contribution in [1.82, 2.24) is 25.1 Å². The molecule has 1 saturated heterocycles. The van der Waals surface area contributed by atoms with Gasteiger partial charge >= 0.3 is 0 Å². The molecule has 3 rings (SSSR count). The molecular weight excluding hydrogens is 282 g/mol. The monoisotopic (exact) mass is 305 g/mol. The van der Waals surface area contributed by atoms with Gasteiger partial charge in [-0.15, -0.1) is 0 Å². The van der Waals surface area contributed by atoms with Crippen LogP contribution in [0.15, 0.2) is 15.1 Å². The number of likely N-dealkylation sites (tertiary alicyclic amines) is 1. The Morgan fingerprint density at radius 3 is 2.86 bits per heavy atom. The summed E-state index contributed by atoms with van der Waals surface area (Å²) in [7, 11) is 2.14. The molecule has 0 amide bonds. The van der Waals surface area contributed by atoms with Crippen molar-refractivity contribution in [1.29, 1.82) is 0 Å². The number of nitrogens with zero attached hydrogens (tertiary/aromatic N) is 5. The average Bonchev–Trinajstić information content (AvgIpc) is 3.08. The molecule has 0 spiro atoms. The molecule has 0 N–H and O–H groups in total. The molecule has 0 saturated carbocycles. The number of piperidine rings is 1. The molecule has 3 heterocycles. The smallest absolute Gasteiger partial charge is 0.223 e. The van der Waals surface area contributed by atoms with Crippen LogP contribution in [0.4, 0.5) is 0 Å². The third-order valence-corrected chi connectivity index (χ3v) is 4.12. The number of aromatic nitrogens is 3. The summed E-state index contributed by atoms with van der Waals surface area (Å²) < 4.78 is 10.4. The highest BCUT2D eigenvalue weighted by molar-refractivity contribution is 5.03. The third-order valence-electron chi connectivity index (χ3n) is 4.12. The predicted molar refractivity (Wildman–Crippen MR) is 80.0 cm³/mol. The predicted octanol–water partition coefficient (Wildman–Crippen LogP) is 1.77. The van der Waals surface area contributed by atoms with E-state index in [1.807, 2.05) is 19.9 Å². The van der Waals surface area contributed by atoms with Crippen molar-refractivity contribution < 1.29 is 9.05 Å². The van der Waals surface area contributed by atoms with Crippen molar-refractivity contribution in [3.05, 3.63) is 29.2 Å². The summed E-state index contributed by atoms with van der Waals surface area (Å²) in [4.78, 5) is 9.02. The summed E-state index contributed by atoms with van der Waals surface area (Å²) in [6.45, 7) is 7.41. The summed E-state index contributed by atoms with van der Waals surface area (Å²) in [6, 6.07) is 2.51. The lowest BCUT2D eigenvalue weighted by atomic mass is 10.0. The molecule has 0 aliphatic carbocycles. The Balaban J connectivity index is 1.55. The maximum atomic E-state index is 5.31. The zero-order valence-electron chi connectivity index (χ0n) is 13.4. The van der Waals surface area contributed by atoms with E-state index < -0.39 is 0 Å². The van der Waals surface area contributed by atoms with Crippen LogP contribution in [0, 0.1) is 13.8 Å². The Morgan fingerprint density at radius 1 is 1.32 bits per heavy atom. The number of hydrogen-bond donors (Lipinski definition) is 0. The molecule has 7 nitrogen and oxygen atoms in total. The molecule has 1 atom stereocenters. The second kappa shape index (κ2) is 6.58. The van der Waals surface area contributed by atoms with Crippen molar-refractivity contribution in [3.63, 3.8) is 0 Å². The lowest BCUT2D eigenvalue weighted by Gasteiger charge is -2.36. The van der Waals surface area contributed by atoms with Crippen molar-refractivity contribution >= 4 is 0 Å². The first-order valence-corrected chi connectivity index (χ1v) is 7.74. The molecule has 1 aliphatic heterocycles. The molecule has 1 fully saturated rings. The van der Waals surface area contributed by atoms with Crippen LogP contribution in [0.25, 0.3) is 0 Å². The summed E-state index contributed by atoms with van der Waals surface area (Å²) in [6.07, 6.45) is 2.38. The maximum absolute atomic E-state index is 5.31. The molecule has 0 radical (unpaired) electrons. The maximum Gasteiger partial charge on any atom is 0.223 e. The normalized spacial score (nSPS) is 19.9. The average molecular weight is 305 g/mol. The minimum atomic E-state index is 0.507. The summed E-state index contributed by atoms with van der Waals surface area (Å²) in [5, 5.41) is 7.93. The molecule has 2 aromatic heterocycles.